The van der Waals surface area contributed by atoms with E-state index in [1.165, 1.54) is 0 Å². The van der Waals surface area contributed by atoms with Crippen LogP contribution < -0.4 is 4.74 Å². The van der Waals surface area contributed by atoms with Gasteiger partial charge in [-0.05, 0) is 36.6 Å². The number of aryl methyl sites for hydroxylation is 2. The van der Waals surface area contributed by atoms with Crippen LogP contribution in [0.25, 0.3) is 0 Å². The molecular formula is C17H18O2. The first-order valence-electron chi connectivity index (χ1n) is 6.42. The second-order valence-electron chi connectivity index (χ2n) is 4.59. The molecule has 2 rings (SSSR count). The number of methoxy groups -OCH3 is 1. The van der Waals surface area contributed by atoms with Crippen molar-refractivity contribution in [2.45, 2.75) is 19.8 Å². The third-order valence-corrected chi connectivity index (χ3v) is 3.25. The van der Waals surface area contributed by atoms with Gasteiger partial charge in [-0.1, -0.05) is 36.4 Å². The Kier molecular flexibility index (Phi) is 4.35. The Morgan fingerprint density at radius 3 is 2.37 bits per heavy atom. The number of carbonyl (C=O) groups excluding carboxylic acids is 1. The van der Waals surface area contributed by atoms with E-state index in [0.29, 0.717) is 6.42 Å². The Morgan fingerprint density at radius 2 is 1.74 bits per heavy atom. The molecule has 2 aromatic carbocycles. The lowest BCUT2D eigenvalue weighted by molar-refractivity contribution is 0.0982. The first kappa shape index (κ1) is 13.3. The van der Waals surface area contributed by atoms with Crippen molar-refractivity contribution in [3.8, 4) is 5.75 Å². The Balaban J connectivity index is 1.98. The fraction of sp³-hybridized carbons (Fsp3) is 0.235. The summed E-state index contributed by atoms with van der Waals surface area (Å²) in [5.74, 6) is 1.04. The van der Waals surface area contributed by atoms with Gasteiger partial charge in [0.2, 0.25) is 0 Å². The molecule has 0 spiro atoms. The summed E-state index contributed by atoms with van der Waals surface area (Å²) in [5.41, 5.74) is 3.03. The SMILES string of the molecule is COc1ccc(CCC(=O)c2ccccc2C)cc1. The third kappa shape index (κ3) is 3.44. The van der Waals surface area contributed by atoms with Crippen molar-refractivity contribution >= 4 is 5.78 Å². The molecule has 0 N–H and O–H groups in total. The normalized spacial score (nSPS) is 10.2. The molecule has 0 amide bonds. The van der Waals surface area contributed by atoms with Crippen LogP contribution in [-0.2, 0) is 6.42 Å². The van der Waals surface area contributed by atoms with Crippen LogP contribution in [0.5, 0.6) is 5.75 Å². The van der Waals surface area contributed by atoms with Crippen LogP contribution in [0.3, 0.4) is 0 Å². The molecule has 2 nitrogen and oxygen atoms in total. The number of hydrogen-bond donors (Lipinski definition) is 0. The average Bonchev–Trinajstić information content (AvgIpc) is 2.46. The van der Waals surface area contributed by atoms with Crippen LogP contribution in [-0.4, -0.2) is 12.9 Å². The molecule has 0 aliphatic heterocycles. The zero-order valence-electron chi connectivity index (χ0n) is 11.3. The van der Waals surface area contributed by atoms with Gasteiger partial charge in [0.25, 0.3) is 0 Å². The van der Waals surface area contributed by atoms with Crippen LogP contribution in [0.1, 0.15) is 27.9 Å². The summed E-state index contributed by atoms with van der Waals surface area (Å²) in [5, 5.41) is 0. The Hall–Kier alpha value is -2.09. The first-order chi connectivity index (χ1) is 9.20. The van der Waals surface area contributed by atoms with Crippen molar-refractivity contribution in [2.24, 2.45) is 0 Å². The standard InChI is InChI=1S/C17H18O2/c1-13-5-3-4-6-16(13)17(18)12-9-14-7-10-15(19-2)11-8-14/h3-8,10-11H,9,12H2,1-2H3. The molecule has 0 saturated heterocycles. The summed E-state index contributed by atoms with van der Waals surface area (Å²) in [6.45, 7) is 1.97. The van der Waals surface area contributed by atoms with Crippen LogP contribution in [0.15, 0.2) is 48.5 Å². The van der Waals surface area contributed by atoms with Crippen molar-refractivity contribution in [1.82, 2.24) is 0 Å². The number of Topliss-reactive ketones (excluding diaryl/α,β-unsaturated/α-hetero) is 1. The molecule has 0 fully saturated rings. The van der Waals surface area contributed by atoms with Crippen LogP contribution in [0.4, 0.5) is 0 Å². The molecule has 2 aromatic rings. The molecule has 0 atom stereocenters. The Bertz CT molecular complexity index is 556. The van der Waals surface area contributed by atoms with Crippen LogP contribution >= 0.6 is 0 Å². The third-order valence-electron chi connectivity index (χ3n) is 3.25. The number of hydrogen-bond acceptors (Lipinski definition) is 2. The molecule has 98 valence electrons. The van der Waals surface area contributed by atoms with Gasteiger partial charge in [0.15, 0.2) is 5.78 Å². The average molecular weight is 254 g/mol. The predicted molar refractivity (Wildman–Crippen MR) is 76.8 cm³/mol. The lowest BCUT2D eigenvalue weighted by atomic mass is 9.99. The minimum absolute atomic E-state index is 0.203. The topological polar surface area (TPSA) is 26.3 Å². The number of ether oxygens (including phenoxy) is 1. The molecule has 0 unspecified atom stereocenters. The number of ketones is 1. The molecule has 0 aliphatic carbocycles. The Morgan fingerprint density at radius 1 is 1.05 bits per heavy atom. The van der Waals surface area contributed by atoms with Gasteiger partial charge >= 0.3 is 0 Å². The fourth-order valence-electron chi connectivity index (χ4n) is 2.07. The van der Waals surface area contributed by atoms with E-state index in [-0.39, 0.29) is 5.78 Å². The van der Waals surface area contributed by atoms with E-state index in [0.717, 1.165) is 28.9 Å². The summed E-state index contributed by atoms with van der Waals surface area (Å²) < 4.78 is 5.11. The first-order valence-corrected chi connectivity index (χ1v) is 6.42. The summed E-state index contributed by atoms with van der Waals surface area (Å²) in [6, 6.07) is 15.6. The maximum atomic E-state index is 12.1. The second kappa shape index (κ2) is 6.19. The van der Waals surface area contributed by atoms with Gasteiger partial charge in [0, 0.05) is 12.0 Å². The quantitative estimate of drug-likeness (QED) is 0.758. The van der Waals surface area contributed by atoms with Gasteiger partial charge in [-0.2, -0.15) is 0 Å². The van der Waals surface area contributed by atoms with Crippen molar-refractivity contribution in [3.63, 3.8) is 0 Å². The lowest BCUT2D eigenvalue weighted by Gasteiger charge is -2.05. The van der Waals surface area contributed by atoms with E-state index in [4.69, 9.17) is 4.74 Å². The molecule has 0 aromatic heterocycles. The van der Waals surface area contributed by atoms with Crippen molar-refractivity contribution < 1.29 is 9.53 Å². The van der Waals surface area contributed by atoms with E-state index in [9.17, 15) is 4.79 Å². The largest absolute Gasteiger partial charge is 0.497 e. The highest BCUT2D eigenvalue weighted by Gasteiger charge is 2.08. The van der Waals surface area contributed by atoms with Gasteiger partial charge in [0.1, 0.15) is 5.75 Å². The lowest BCUT2D eigenvalue weighted by Crippen LogP contribution is -2.03. The zero-order chi connectivity index (χ0) is 13.7. The molecule has 0 radical (unpaired) electrons. The zero-order valence-corrected chi connectivity index (χ0v) is 11.3. The highest BCUT2D eigenvalue weighted by molar-refractivity contribution is 5.97. The molecule has 0 saturated carbocycles. The van der Waals surface area contributed by atoms with Crippen LogP contribution in [0.2, 0.25) is 0 Å². The maximum Gasteiger partial charge on any atom is 0.163 e. The highest BCUT2D eigenvalue weighted by atomic mass is 16.5. The molecule has 0 heterocycles. The monoisotopic (exact) mass is 254 g/mol. The molecule has 2 heteroatoms. The van der Waals surface area contributed by atoms with E-state index in [1.54, 1.807) is 7.11 Å². The van der Waals surface area contributed by atoms with E-state index in [2.05, 4.69) is 0 Å². The van der Waals surface area contributed by atoms with Gasteiger partial charge in [-0.25, -0.2) is 0 Å². The minimum Gasteiger partial charge on any atom is -0.497 e. The summed E-state index contributed by atoms with van der Waals surface area (Å²) >= 11 is 0. The van der Waals surface area contributed by atoms with Gasteiger partial charge in [-0.15, -0.1) is 0 Å². The van der Waals surface area contributed by atoms with Crippen molar-refractivity contribution in [3.05, 3.63) is 65.2 Å². The van der Waals surface area contributed by atoms with Crippen LogP contribution in [0, 0.1) is 6.92 Å². The summed E-state index contributed by atoms with van der Waals surface area (Å²) in [4.78, 5) is 12.1. The van der Waals surface area contributed by atoms with Gasteiger partial charge in [-0.3, -0.25) is 4.79 Å². The smallest absolute Gasteiger partial charge is 0.163 e. The van der Waals surface area contributed by atoms with Crippen molar-refractivity contribution in [1.29, 1.82) is 0 Å². The molecular weight excluding hydrogens is 236 g/mol. The minimum atomic E-state index is 0.203. The number of carbonyl (C=O) groups is 1. The molecule has 0 bridgehead atoms. The van der Waals surface area contributed by atoms with Crippen molar-refractivity contribution in [2.75, 3.05) is 7.11 Å². The second-order valence-corrected chi connectivity index (χ2v) is 4.59. The van der Waals surface area contributed by atoms with E-state index >= 15 is 0 Å². The predicted octanol–water partition coefficient (Wildman–Crippen LogP) is 3.82. The number of benzene rings is 2. The maximum absolute atomic E-state index is 12.1. The highest BCUT2D eigenvalue weighted by Crippen LogP contribution is 2.15. The summed E-state index contributed by atoms with van der Waals surface area (Å²) in [7, 11) is 1.65. The fourth-order valence-corrected chi connectivity index (χ4v) is 2.07. The Labute approximate surface area is 114 Å². The van der Waals surface area contributed by atoms with E-state index in [1.807, 2.05) is 55.5 Å². The van der Waals surface area contributed by atoms with Gasteiger partial charge in [0.05, 0.1) is 7.11 Å². The molecule has 0 aliphatic rings. The van der Waals surface area contributed by atoms with Gasteiger partial charge < -0.3 is 4.74 Å². The van der Waals surface area contributed by atoms with E-state index < -0.39 is 0 Å². The molecule has 19 heavy (non-hydrogen) atoms. The summed E-state index contributed by atoms with van der Waals surface area (Å²) in [6.07, 6.45) is 1.30. The number of rotatable bonds is 5.